The normalized spacial score (nSPS) is 41.7. The Balaban J connectivity index is 1.98. The van der Waals surface area contributed by atoms with Crippen molar-refractivity contribution in [1.82, 2.24) is 15.5 Å². The fourth-order valence-electron chi connectivity index (χ4n) is 1.94. The van der Waals surface area contributed by atoms with Crippen LogP contribution in [0.25, 0.3) is 0 Å². The van der Waals surface area contributed by atoms with E-state index in [-0.39, 0.29) is 0 Å². The quantitative estimate of drug-likeness (QED) is 0.446. The van der Waals surface area contributed by atoms with Crippen molar-refractivity contribution in [1.29, 1.82) is 0 Å². The van der Waals surface area contributed by atoms with E-state index in [4.69, 9.17) is 0 Å². The third-order valence-electron chi connectivity index (χ3n) is 2.32. The predicted octanol–water partition coefficient (Wildman–Crippen LogP) is -1.14. The van der Waals surface area contributed by atoms with Gasteiger partial charge >= 0.3 is 0 Å². The maximum Gasteiger partial charge on any atom is 0.0323 e. The van der Waals surface area contributed by atoms with Crippen LogP contribution in [0.3, 0.4) is 0 Å². The third-order valence-corrected chi connectivity index (χ3v) is 2.32. The van der Waals surface area contributed by atoms with E-state index in [9.17, 15) is 0 Å². The molecule has 0 radical (unpaired) electrons. The van der Waals surface area contributed by atoms with Crippen molar-refractivity contribution in [2.75, 3.05) is 33.2 Å². The highest BCUT2D eigenvalue weighted by Crippen LogP contribution is 2.04. The lowest BCUT2D eigenvalue weighted by molar-refractivity contribution is 0.161. The monoisotopic (exact) mass is 141 g/mol. The number of nitrogens with one attached hydrogen (secondary N) is 2. The Morgan fingerprint density at radius 3 is 2.40 bits per heavy atom. The topological polar surface area (TPSA) is 27.3 Å². The van der Waals surface area contributed by atoms with E-state index < -0.39 is 0 Å². The molecule has 2 aliphatic heterocycles. The summed E-state index contributed by atoms with van der Waals surface area (Å²) in [5.41, 5.74) is 0. The SMILES string of the molecule is CN1CC2CNCC(C1)N2. The molecule has 2 aliphatic rings. The van der Waals surface area contributed by atoms with Gasteiger partial charge in [0.15, 0.2) is 0 Å². The van der Waals surface area contributed by atoms with E-state index in [1.807, 2.05) is 0 Å². The first-order valence-corrected chi connectivity index (χ1v) is 4.00. The number of piperazine rings is 2. The van der Waals surface area contributed by atoms with Crippen LogP contribution in [0.1, 0.15) is 0 Å². The summed E-state index contributed by atoms with van der Waals surface area (Å²) < 4.78 is 0. The summed E-state index contributed by atoms with van der Waals surface area (Å²) in [5.74, 6) is 0. The first kappa shape index (κ1) is 6.58. The first-order valence-electron chi connectivity index (χ1n) is 4.00. The average molecular weight is 141 g/mol. The minimum Gasteiger partial charge on any atom is -0.314 e. The minimum atomic E-state index is 0.692. The molecule has 2 N–H and O–H groups in total. The van der Waals surface area contributed by atoms with Gasteiger partial charge in [0.2, 0.25) is 0 Å². The lowest BCUT2D eigenvalue weighted by Crippen LogP contribution is -2.65. The Hall–Kier alpha value is -0.120. The molecule has 0 aromatic rings. The van der Waals surface area contributed by atoms with Gasteiger partial charge < -0.3 is 15.5 Å². The Morgan fingerprint density at radius 1 is 1.20 bits per heavy atom. The van der Waals surface area contributed by atoms with Crippen LogP contribution < -0.4 is 10.6 Å². The second-order valence-electron chi connectivity index (χ2n) is 3.44. The highest BCUT2D eigenvalue weighted by molar-refractivity contribution is 4.91. The number of nitrogens with zero attached hydrogens (tertiary/aromatic N) is 1. The Labute approximate surface area is 61.8 Å². The highest BCUT2D eigenvalue weighted by atomic mass is 15.2. The van der Waals surface area contributed by atoms with Crippen molar-refractivity contribution in [2.45, 2.75) is 12.1 Å². The third kappa shape index (κ3) is 1.17. The van der Waals surface area contributed by atoms with Gasteiger partial charge in [0.05, 0.1) is 0 Å². The molecular weight excluding hydrogens is 126 g/mol. The average Bonchev–Trinajstić information content (AvgIpc) is 1.85. The van der Waals surface area contributed by atoms with E-state index in [0.29, 0.717) is 12.1 Å². The predicted molar refractivity (Wildman–Crippen MR) is 41.1 cm³/mol. The van der Waals surface area contributed by atoms with E-state index in [0.717, 1.165) is 13.1 Å². The molecule has 2 heterocycles. The molecule has 2 rings (SSSR count). The zero-order valence-electron chi connectivity index (χ0n) is 6.43. The van der Waals surface area contributed by atoms with Crippen LogP contribution in [-0.2, 0) is 0 Å². The zero-order valence-corrected chi connectivity index (χ0v) is 6.43. The van der Waals surface area contributed by atoms with Crippen LogP contribution in [0.4, 0.5) is 0 Å². The molecule has 58 valence electrons. The summed E-state index contributed by atoms with van der Waals surface area (Å²) in [7, 11) is 2.20. The summed E-state index contributed by atoms with van der Waals surface area (Å²) >= 11 is 0. The standard InChI is InChI=1S/C7H15N3/c1-10-4-6-2-8-3-7(5-10)9-6/h6-9H,2-5H2,1H3. The summed E-state index contributed by atoms with van der Waals surface area (Å²) in [6.07, 6.45) is 0. The smallest absolute Gasteiger partial charge is 0.0323 e. The van der Waals surface area contributed by atoms with Gasteiger partial charge in [-0.15, -0.1) is 0 Å². The Bertz CT molecular complexity index is 110. The van der Waals surface area contributed by atoms with Crippen LogP contribution in [0.5, 0.6) is 0 Å². The lowest BCUT2D eigenvalue weighted by Gasteiger charge is -2.41. The number of hydrogen-bond donors (Lipinski definition) is 2. The van der Waals surface area contributed by atoms with Crippen molar-refractivity contribution < 1.29 is 0 Å². The molecule has 0 aromatic heterocycles. The van der Waals surface area contributed by atoms with Gasteiger partial charge in [-0.3, -0.25) is 0 Å². The highest BCUT2D eigenvalue weighted by Gasteiger charge is 2.27. The minimum absolute atomic E-state index is 0.692. The summed E-state index contributed by atoms with van der Waals surface area (Å²) in [6.45, 7) is 4.68. The lowest BCUT2D eigenvalue weighted by atomic mass is 10.1. The molecule has 2 fully saturated rings. The maximum absolute atomic E-state index is 3.58. The zero-order chi connectivity index (χ0) is 6.97. The van der Waals surface area contributed by atoms with Crippen molar-refractivity contribution in [3.8, 4) is 0 Å². The number of rotatable bonds is 0. The van der Waals surface area contributed by atoms with Gasteiger partial charge in [0, 0.05) is 38.3 Å². The first-order chi connectivity index (χ1) is 4.84. The molecule has 0 saturated carbocycles. The van der Waals surface area contributed by atoms with Crippen LogP contribution in [0.15, 0.2) is 0 Å². The summed E-state index contributed by atoms with van der Waals surface area (Å²) in [5, 5.41) is 7.00. The van der Waals surface area contributed by atoms with Crippen LogP contribution in [0.2, 0.25) is 0 Å². The maximum atomic E-state index is 3.58. The van der Waals surface area contributed by atoms with Crippen LogP contribution in [-0.4, -0.2) is 50.2 Å². The van der Waals surface area contributed by atoms with Crippen molar-refractivity contribution in [3.05, 3.63) is 0 Å². The molecule has 2 unspecified atom stereocenters. The molecule has 10 heavy (non-hydrogen) atoms. The Morgan fingerprint density at radius 2 is 1.80 bits per heavy atom. The van der Waals surface area contributed by atoms with Gasteiger partial charge in [-0.05, 0) is 7.05 Å². The fraction of sp³-hybridized carbons (Fsp3) is 1.00. The molecule has 3 nitrogen and oxygen atoms in total. The fourth-order valence-corrected chi connectivity index (χ4v) is 1.94. The van der Waals surface area contributed by atoms with Gasteiger partial charge in [-0.1, -0.05) is 0 Å². The Kier molecular flexibility index (Phi) is 1.64. The van der Waals surface area contributed by atoms with E-state index in [1.165, 1.54) is 13.1 Å². The van der Waals surface area contributed by atoms with E-state index >= 15 is 0 Å². The van der Waals surface area contributed by atoms with E-state index in [2.05, 4.69) is 22.6 Å². The van der Waals surface area contributed by atoms with Crippen molar-refractivity contribution >= 4 is 0 Å². The van der Waals surface area contributed by atoms with Crippen LogP contribution in [0, 0.1) is 0 Å². The summed E-state index contributed by atoms with van der Waals surface area (Å²) in [4.78, 5) is 2.41. The number of fused-ring (bicyclic) bond motifs is 2. The largest absolute Gasteiger partial charge is 0.314 e. The molecular formula is C7H15N3. The van der Waals surface area contributed by atoms with Gasteiger partial charge in [0.1, 0.15) is 0 Å². The molecule has 0 spiro atoms. The van der Waals surface area contributed by atoms with Gasteiger partial charge in [-0.25, -0.2) is 0 Å². The molecule has 2 atom stereocenters. The molecule has 0 aliphatic carbocycles. The number of hydrogen-bond acceptors (Lipinski definition) is 3. The molecule has 0 aromatic carbocycles. The molecule has 2 bridgehead atoms. The van der Waals surface area contributed by atoms with Crippen molar-refractivity contribution in [3.63, 3.8) is 0 Å². The van der Waals surface area contributed by atoms with Crippen LogP contribution >= 0.6 is 0 Å². The van der Waals surface area contributed by atoms with Gasteiger partial charge in [-0.2, -0.15) is 0 Å². The van der Waals surface area contributed by atoms with E-state index in [1.54, 1.807) is 0 Å². The second kappa shape index (κ2) is 2.49. The summed E-state index contributed by atoms with van der Waals surface area (Å²) in [6, 6.07) is 1.38. The molecule has 0 amide bonds. The molecule has 2 saturated heterocycles. The second-order valence-corrected chi connectivity index (χ2v) is 3.44. The molecule has 3 heteroatoms. The van der Waals surface area contributed by atoms with Crippen molar-refractivity contribution in [2.24, 2.45) is 0 Å². The number of likely N-dealkylation sites (N-methyl/N-ethyl adjacent to an activating group) is 1. The van der Waals surface area contributed by atoms with Gasteiger partial charge in [0.25, 0.3) is 0 Å².